The second kappa shape index (κ2) is 13.2. The van der Waals surface area contributed by atoms with Crippen molar-refractivity contribution in [2.24, 2.45) is 5.92 Å². The molecule has 1 heterocycles. The molecule has 38 heavy (non-hydrogen) atoms. The first-order valence-corrected chi connectivity index (χ1v) is 13.3. The molecule has 0 spiro atoms. The number of carbonyl (C=O) groups is 3. The van der Waals surface area contributed by atoms with Crippen molar-refractivity contribution in [2.75, 3.05) is 0 Å². The fourth-order valence-corrected chi connectivity index (χ4v) is 5.12. The maximum atomic E-state index is 13.5. The second-order valence-electron chi connectivity index (χ2n) is 10.0. The number of fused-ring (bicyclic) bond motifs is 1. The van der Waals surface area contributed by atoms with Crippen LogP contribution < -0.4 is 10.6 Å². The Hall–Kier alpha value is -3.72. The fourth-order valence-electron chi connectivity index (χ4n) is 5.12. The van der Waals surface area contributed by atoms with Gasteiger partial charge in [0.1, 0.15) is 18.0 Å². The summed E-state index contributed by atoms with van der Waals surface area (Å²) in [5.41, 5.74) is 2.18. The first-order valence-electron chi connectivity index (χ1n) is 13.3. The number of nitrogens with zero attached hydrogens (tertiary/aromatic N) is 1. The zero-order valence-corrected chi connectivity index (χ0v) is 21.3. The minimum absolute atomic E-state index is 0.100. The molecule has 3 atom stereocenters. The monoisotopic (exact) mass is 521 g/mol. The van der Waals surface area contributed by atoms with Gasteiger partial charge in [-0.25, -0.2) is 4.98 Å². The van der Waals surface area contributed by atoms with Crippen LogP contribution in [0.2, 0.25) is 0 Å². The molecular weight excluding hydrogens is 486 g/mol. The molecule has 4 N–H and O–H groups in total. The number of benzene rings is 2. The van der Waals surface area contributed by atoms with Gasteiger partial charge in [0, 0.05) is 0 Å². The molecule has 1 aromatic heterocycles. The molecule has 1 unspecified atom stereocenters. The van der Waals surface area contributed by atoms with Crippen LogP contribution in [0.25, 0.3) is 11.1 Å². The number of hydrogen-bond donors (Lipinski definition) is 4. The molecule has 1 fully saturated rings. The normalized spacial score (nSPS) is 16.4. The molecule has 3 aromatic rings. The van der Waals surface area contributed by atoms with E-state index in [-0.39, 0.29) is 11.8 Å². The van der Waals surface area contributed by atoms with E-state index in [2.05, 4.69) is 15.6 Å². The van der Waals surface area contributed by atoms with Crippen LogP contribution in [-0.2, 0) is 20.8 Å². The van der Waals surface area contributed by atoms with Crippen molar-refractivity contribution in [1.29, 1.82) is 0 Å². The van der Waals surface area contributed by atoms with Crippen molar-refractivity contribution in [3.63, 3.8) is 0 Å². The number of amides is 2. The summed E-state index contributed by atoms with van der Waals surface area (Å²) in [6, 6.07) is 15.3. The van der Waals surface area contributed by atoms with Crippen LogP contribution in [0.5, 0.6) is 0 Å². The number of carboxylic acid groups (broad SMARTS) is 1. The number of aliphatic hydroxyl groups excluding tert-OH is 1. The van der Waals surface area contributed by atoms with Gasteiger partial charge in [-0.3, -0.25) is 14.4 Å². The first-order chi connectivity index (χ1) is 18.4. The number of aliphatic hydroxyl groups is 1. The largest absolute Gasteiger partial charge is 0.481 e. The van der Waals surface area contributed by atoms with Crippen molar-refractivity contribution in [3.05, 3.63) is 66.1 Å². The van der Waals surface area contributed by atoms with Gasteiger partial charge in [0.25, 0.3) is 0 Å². The average Bonchev–Trinajstić information content (AvgIpc) is 3.35. The van der Waals surface area contributed by atoms with Crippen molar-refractivity contribution >= 4 is 28.9 Å². The quantitative estimate of drug-likeness (QED) is 0.265. The summed E-state index contributed by atoms with van der Waals surface area (Å²) >= 11 is 0. The maximum absolute atomic E-state index is 13.5. The molecule has 2 amide bonds. The molecule has 1 saturated carbocycles. The summed E-state index contributed by atoms with van der Waals surface area (Å²) in [7, 11) is 0. The number of aryl methyl sites for hydroxylation is 1. The highest BCUT2D eigenvalue weighted by atomic mass is 16.4. The van der Waals surface area contributed by atoms with E-state index >= 15 is 0 Å². The number of carboxylic acids is 1. The Morgan fingerprint density at radius 2 is 1.68 bits per heavy atom. The van der Waals surface area contributed by atoms with E-state index < -0.39 is 42.4 Å². The van der Waals surface area contributed by atoms with Crippen LogP contribution in [0.3, 0.4) is 0 Å². The van der Waals surface area contributed by atoms with Crippen LogP contribution in [0, 0.1) is 5.92 Å². The second-order valence-corrected chi connectivity index (χ2v) is 10.0. The Labute approximate surface area is 221 Å². The fraction of sp³-hybridized carbons (Fsp3) is 0.448. The molecule has 2 aromatic carbocycles. The molecule has 0 saturated heterocycles. The average molecular weight is 522 g/mol. The van der Waals surface area contributed by atoms with Crippen LogP contribution in [-0.4, -0.2) is 45.1 Å². The number of para-hydroxylation sites is 2. The maximum Gasteiger partial charge on any atom is 0.312 e. The minimum atomic E-state index is -1.26. The number of nitrogens with one attached hydrogen (secondary N) is 2. The van der Waals surface area contributed by atoms with Crippen molar-refractivity contribution in [2.45, 2.75) is 76.0 Å². The van der Waals surface area contributed by atoms with Gasteiger partial charge in [0.2, 0.25) is 17.7 Å². The van der Waals surface area contributed by atoms with Gasteiger partial charge in [-0.15, -0.1) is 0 Å². The number of rotatable bonds is 12. The summed E-state index contributed by atoms with van der Waals surface area (Å²) in [6.45, 7) is 0. The minimum Gasteiger partial charge on any atom is -0.481 e. The number of aliphatic carboxylic acids is 1. The highest BCUT2D eigenvalue weighted by Crippen LogP contribution is 2.28. The zero-order valence-electron chi connectivity index (χ0n) is 21.3. The van der Waals surface area contributed by atoms with E-state index in [0.29, 0.717) is 30.4 Å². The van der Waals surface area contributed by atoms with Crippen molar-refractivity contribution < 1.29 is 29.0 Å². The molecule has 1 aliphatic carbocycles. The van der Waals surface area contributed by atoms with Crippen molar-refractivity contribution in [1.82, 2.24) is 15.6 Å². The van der Waals surface area contributed by atoms with Gasteiger partial charge in [-0.2, -0.15) is 0 Å². The molecule has 9 nitrogen and oxygen atoms in total. The van der Waals surface area contributed by atoms with Crippen LogP contribution in [0.4, 0.5) is 0 Å². The zero-order chi connectivity index (χ0) is 26.9. The predicted octanol–water partition coefficient (Wildman–Crippen LogP) is 3.91. The summed E-state index contributed by atoms with van der Waals surface area (Å²) in [6.07, 6.45) is 4.67. The Morgan fingerprint density at radius 3 is 2.39 bits per heavy atom. The lowest BCUT2D eigenvalue weighted by atomic mass is 9.84. The molecule has 0 aliphatic heterocycles. The topological polar surface area (TPSA) is 142 Å². The smallest absolute Gasteiger partial charge is 0.312 e. The number of oxazole rings is 1. The number of hydrogen-bond acceptors (Lipinski definition) is 6. The molecule has 202 valence electrons. The third-order valence-corrected chi connectivity index (χ3v) is 7.12. The Morgan fingerprint density at radius 1 is 0.974 bits per heavy atom. The molecular formula is C29H35N3O6. The van der Waals surface area contributed by atoms with E-state index in [1.54, 1.807) is 12.1 Å². The van der Waals surface area contributed by atoms with Crippen LogP contribution >= 0.6 is 0 Å². The van der Waals surface area contributed by atoms with E-state index in [1.807, 2.05) is 42.5 Å². The molecule has 4 rings (SSSR count). The highest BCUT2D eigenvalue weighted by Gasteiger charge is 2.32. The lowest BCUT2D eigenvalue weighted by Gasteiger charge is -2.29. The summed E-state index contributed by atoms with van der Waals surface area (Å²) in [5.74, 6) is -2.07. The summed E-state index contributed by atoms with van der Waals surface area (Å²) in [4.78, 5) is 41.3. The van der Waals surface area contributed by atoms with Gasteiger partial charge in [0.15, 0.2) is 11.7 Å². The SMILES string of the molecule is O=C(O)CC(=O)N[C@@H](CC1CCCCC1)C(=O)N[C@@H](CCc1ccccc1)C(O)c1nc2ccccc2o1. The van der Waals surface area contributed by atoms with Gasteiger partial charge >= 0.3 is 5.97 Å². The van der Waals surface area contributed by atoms with Gasteiger partial charge in [0.05, 0.1) is 6.04 Å². The molecule has 1 aliphatic rings. The van der Waals surface area contributed by atoms with Gasteiger partial charge in [-0.05, 0) is 42.9 Å². The standard InChI is InChI=1S/C29H35N3O6/c33-25(18-26(34)35)30-23(17-20-11-5-2-6-12-20)28(37)31-22(16-15-19-9-3-1-4-10-19)27(36)29-32-21-13-7-8-14-24(21)38-29/h1,3-4,7-10,13-14,20,22-23,27,36H,2,5-6,11-12,15-18H2,(H,30,33)(H,31,37)(H,34,35)/t22-,23-,27?/m0/s1. The van der Waals surface area contributed by atoms with E-state index in [4.69, 9.17) is 9.52 Å². The Kier molecular flexibility index (Phi) is 9.48. The molecule has 0 bridgehead atoms. The van der Waals surface area contributed by atoms with Crippen molar-refractivity contribution in [3.8, 4) is 0 Å². The molecule has 9 heteroatoms. The lowest BCUT2D eigenvalue weighted by molar-refractivity contribution is -0.142. The van der Waals surface area contributed by atoms with Gasteiger partial charge in [-0.1, -0.05) is 74.6 Å². The number of carbonyl (C=O) groups excluding carboxylic acids is 2. The third kappa shape index (κ3) is 7.64. The first kappa shape index (κ1) is 27.3. The Bertz CT molecular complexity index is 1190. The van der Waals surface area contributed by atoms with Gasteiger partial charge < -0.3 is 25.3 Å². The predicted molar refractivity (Wildman–Crippen MR) is 141 cm³/mol. The van der Waals surface area contributed by atoms with E-state index in [0.717, 1.165) is 37.7 Å². The lowest BCUT2D eigenvalue weighted by Crippen LogP contribution is -2.52. The highest BCUT2D eigenvalue weighted by molar-refractivity contribution is 5.96. The van der Waals surface area contributed by atoms with E-state index in [1.165, 1.54) is 0 Å². The van der Waals surface area contributed by atoms with E-state index in [9.17, 15) is 19.5 Å². The molecule has 0 radical (unpaired) electrons. The van der Waals surface area contributed by atoms with Crippen LogP contribution in [0.15, 0.2) is 59.0 Å². The summed E-state index contributed by atoms with van der Waals surface area (Å²) < 4.78 is 5.79. The number of aromatic nitrogens is 1. The summed E-state index contributed by atoms with van der Waals surface area (Å²) in [5, 5.41) is 25.9. The Balaban J connectivity index is 1.53. The third-order valence-electron chi connectivity index (χ3n) is 7.12. The van der Waals surface area contributed by atoms with Crippen LogP contribution in [0.1, 0.15) is 68.9 Å².